The molecule has 1 aromatic rings. The second-order valence-corrected chi connectivity index (χ2v) is 5.18. The highest BCUT2D eigenvalue weighted by Gasteiger charge is 2.38. The van der Waals surface area contributed by atoms with Crippen molar-refractivity contribution < 1.29 is 0 Å². The number of hydrogen-bond acceptors (Lipinski definition) is 2. The van der Waals surface area contributed by atoms with Gasteiger partial charge in [-0.3, -0.25) is 0 Å². The van der Waals surface area contributed by atoms with Crippen molar-refractivity contribution in [1.29, 1.82) is 0 Å². The number of aromatic nitrogens is 2. The number of hydrogen-bond donors (Lipinski definition) is 1. The van der Waals surface area contributed by atoms with Gasteiger partial charge in [-0.1, -0.05) is 27.2 Å². The minimum atomic E-state index is 0.536. The maximum absolute atomic E-state index is 4.28. The second kappa shape index (κ2) is 5.00. The minimum absolute atomic E-state index is 0.536. The fourth-order valence-electron chi connectivity index (χ4n) is 2.33. The molecule has 1 aromatic heterocycles. The molecule has 2 rings (SSSR count). The van der Waals surface area contributed by atoms with Gasteiger partial charge in [0.2, 0.25) is 0 Å². The van der Waals surface area contributed by atoms with Crippen molar-refractivity contribution in [3.05, 3.63) is 18.2 Å². The number of imidazole rings is 1. The monoisotopic (exact) mass is 221 g/mol. The molecule has 1 N–H and O–H groups in total. The van der Waals surface area contributed by atoms with Crippen LogP contribution in [0, 0.1) is 5.92 Å². The summed E-state index contributed by atoms with van der Waals surface area (Å²) in [5.41, 5.74) is 1.33. The summed E-state index contributed by atoms with van der Waals surface area (Å²) in [7, 11) is 0. The third kappa shape index (κ3) is 2.64. The zero-order valence-corrected chi connectivity index (χ0v) is 10.6. The Hall–Kier alpha value is -0.830. The summed E-state index contributed by atoms with van der Waals surface area (Å²) in [5, 5.41) is 3.46. The first-order chi connectivity index (χ1) is 7.72. The Kier molecular flexibility index (Phi) is 3.64. The van der Waals surface area contributed by atoms with Gasteiger partial charge in [0.25, 0.3) is 0 Å². The molecule has 2 unspecified atom stereocenters. The molecule has 1 aliphatic carbocycles. The zero-order chi connectivity index (χ0) is 11.5. The molecule has 1 heterocycles. The number of nitrogens with one attached hydrogen (secondary N) is 1. The highest BCUT2D eigenvalue weighted by atomic mass is 15.1. The van der Waals surface area contributed by atoms with Crippen LogP contribution in [0.3, 0.4) is 0 Å². The molecule has 3 nitrogen and oxygen atoms in total. The van der Waals surface area contributed by atoms with E-state index in [1.807, 2.05) is 12.5 Å². The molecule has 2 atom stereocenters. The number of rotatable bonds is 6. The van der Waals surface area contributed by atoms with Gasteiger partial charge in [0.1, 0.15) is 0 Å². The first kappa shape index (κ1) is 11.6. The van der Waals surface area contributed by atoms with Gasteiger partial charge in [0.05, 0.1) is 12.0 Å². The molecule has 1 saturated carbocycles. The fraction of sp³-hybridized carbons (Fsp3) is 0.769. The van der Waals surface area contributed by atoms with E-state index in [4.69, 9.17) is 0 Å². The molecule has 0 radical (unpaired) electrons. The van der Waals surface area contributed by atoms with Gasteiger partial charge in [-0.2, -0.15) is 0 Å². The normalized spacial score (nSPS) is 24.0. The molecule has 1 fully saturated rings. The molecule has 0 saturated heterocycles. The van der Waals surface area contributed by atoms with Crippen molar-refractivity contribution in [1.82, 2.24) is 14.9 Å². The van der Waals surface area contributed by atoms with E-state index < -0.39 is 0 Å². The lowest BCUT2D eigenvalue weighted by atomic mass is 10.2. The van der Waals surface area contributed by atoms with E-state index in [9.17, 15) is 0 Å². The highest BCUT2D eigenvalue weighted by Crippen LogP contribution is 2.46. The fourth-order valence-corrected chi connectivity index (χ4v) is 2.33. The van der Waals surface area contributed by atoms with Crippen LogP contribution >= 0.6 is 0 Å². The van der Waals surface area contributed by atoms with Crippen molar-refractivity contribution in [2.24, 2.45) is 5.92 Å². The van der Waals surface area contributed by atoms with E-state index >= 15 is 0 Å². The summed E-state index contributed by atoms with van der Waals surface area (Å²) in [6.45, 7) is 7.56. The van der Waals surface area contributed by atoms with Crippen LogP contribution in [0.5, 0.6) is 0 Å². The Morgan fingerprint density at radius 2 is 2.38 bits per heavy atom. The van der Waals surface area contributed by atoms with Crippen molar-refractivity contribution >= 4 is 0 Å². The molecule has 0 spiro atoms. The van der Waals surface area contributed by atoms with Crippen LogP contribution in [-0.4, -0.2) is 15.6 Å². The van der Waals surface area contributed by atoms with Gasteiger partial charge in [0.15, 0.2) is 0 Å². The van der Waals surface area contributed by atoms with Crippen LogP contribution in [-0.2, 0) is 6.54 Å². The summed E-state index contributed by atoms with van der Waals surface area (Å²) in [4.78, 5) is 4.28. The molecular formula is C13H23N3. The summed E-state index contributed by atoms with van der Waals surface area (Å²) in [6, 6.07) is 1.26. The average molecular weight is 221 g/mol. The Labute approximate surface area is 98.3 Å². The lowest BCUT2D eigenvalue weighted by Crippen LogP contribution is -2.23. The highest BCUT2D eigenvalue weighted by molar-refractivity contribution is 5.05. The van der Waals surface area contributed by atoms with E-state index in [1.54, 1.807) is 0 Å². The van der Waals surface area contributed by atoms with Gasteiger partial charge in [-0.05, 0) is 18.8 Å². The van der Waals surface area contributed by atoms with Crippen LogP contribution in [0.2, 0.25) is 0 Å². The average Bonchev–Trinajstić information content (AvgIpc) is 2.85. The van der Waals surface area contributed by atoms with Crippen molar-refractivity contribution in [2.75, 3.05) is 0 Å². The molecule has 90 valence electrons. The smallest absolute Gasteiger partial charge is 0.0951 e. The summed E-state index contributed by atoms with van der Waals surface area (Å²) >= 11 is 0. The molecule has 0 bridgehead atoms. The van der Waals surface area contributed by atoms with Gasteiger partial charge in [-0.15, -0.1) is 0 Å². The molecule has 0 amide bonds. The van der Waals surface area contributed by atoms with Crippen LogP contribution in [0.25, 0.3) is 0 Å². The molecule has 3 heteroatoms. The number of nitrogens with zero attached hydrogens (tertiary/aromatic N) is 2. The molecule has 0 aliphatic heterocycles. The van der Waals surface area contributed by atoms with Crippen molar-refractivity contribution in [2.45, 2.75) is 58.7 Å². The van der Waals surface area contributed by atoms with Gasteiger partial charge in [-0.25, -0.2) is 4.98 Å². The third-order valence-corrected chi connectivity index (χ3v) is 3.34. The van der Waals surface area contributed by atoms with E-state index in [1.165, 1.54) is 25.0 Å². The van der Waals surface area contributed by atoms with Gasteiger partial charge < -0.3 is 9.88 Å². The Balaban J connectivity index is 1.93. The Morgan fingerprint density at radius 3 is 3.06 bits per heavy atom. The van der Waals surface area contributed by atoms with Crippen LogP contribution < -0.4 is 5.32 Å². The minimum Gasteiger partial charge on any atom is -0.330 e. The quantitative estimate of drug-likeness (QED) is 0.800. The van der Waals surface area contributed by atoms with E-state index in [2.05, 4.69) is 35.6 Å². The Bertz CT molecular complexity index is 330. The lowest BCUT2D eigenvalue weighted by molar-refractivity contribution is 0.540. The van der Waals surface area contributed by atoms with E-state index in [-0.39, 0.29) is 0 Å². The van der Waals surface area contributed by atoms with Gasteiger partial charge >= 0.3 is 0 Å². The molecule has 16 heavy (non-hydrogen) atoms. The largest absolute Gasteiger partial charge is 0.330 e. The maximum Gasteiger partial charge on any atom is 0.0951 e. The van der Waals surface area contributed by atoms with Crippen LogP contribution in [0.4, 0.5) is 0 Å². The van der Waals surface area contributed by atoms with E-state index in [0.29, 0.717) is 6.04 Å². The second-order valence-electron chi connectivity index (χ2n) is 5.18. The molecule has 0 aromatic carbocycles. The van der Waals surface area contributed by atoms with Crippen molar-refractivity contribution in [3.8, 4) is 0 Å². The summed E-state index contributed by atoms with van der Waals surface area (Å²) < 4.78 is 2.37. The summed E-state index contributed by atoms with van der Waals surface area (Å²) in [6.07, 6.45) is 8.00. The Morgan fingerprint density at radius 1 is 1.56 bits per heavy atom. The van der Waals surface area contributed by atoms with Crippen molar-refractivity contribution in [3.63, 3.8) is 0 Å². The molecule has 1 aliphatic rings. The topological polar surface area (TPSA) is 29.9 Å². The van der Waals surface area contributed by atoms with E-state index in [0.717, 1.165) is 18.5 Å². The predicted octanol–water partition coefficient (Wildman–Crippen LogP) is 2.74. The van der Waals surface area contributed by atoms with Crippen LogP contribution in [0.15, 0.2) is 12.5 Å². The lowest BCUT2D eigenvalue weighted by Gasteiger charge is -2.11. The molecular weight excluding hydrogens is 198 g/mol. The first-order valence-corrected chi connectivity index (χ1v) is 6.46. The van der Waals surface area contributed by atoms with Gasteiger partial charge in [0, 0.05) is 24.8 Å². The summed E-state index contributed by atoms with van der Waals surface area (Å²) in [5.74, 6) is 0.900. The third-order valence-electron chi connectivity index (χ3n) is 3.34. The SMILES string of the molecule is CCCC1CC1n1cncc1CNC(C)C. The van der Waals surface area contributed by atoms with Crippen LogP contribution in [0.1, 0.15) is 51.8 Å². The zero-order valence-electron chi connectivity index (χ0n) is 10.6. The maximum atomic E-state index is 4.28. The first-order valence-electron chi connectivity index (χ1n) is 6.46. The standard InChI is InChI=1S/C13H23N3/c1-4-5-11-6-13(11)16-9-14-7-12(16)8-15-10(2)3/h7,9-11,13,15H,4-6,8H2,1-3H3. The predicted molar refractivity (Wildman–Crippen MR) is 66.3 cm³/mol.